The predicted octanol–water partition coefficient (Wildman–Crippen LogP) is 2.62. The molecule has 0 radical (unpaired) electrons. The Kier molecular flexibility index (Phi) is 3.08. The van der Waals surface area contributed by atoms with E-state index in [1.54, 1.807) is 18.5 Å². The van der Waals surface area contributed by atoms with Gasteiger partial charge in [-0.1, -0.05) is 11.6 Å². The van der Waals surface area contributed by atoms with Gasteiger partial charge in [0, 0.05) is 29.5 Å². The minimum Gasteiger partial charge on any atom is -0.294 e. The zero-order valence-corrected chi connectivity index (χ0v) is 9.26. The number of thiazole rings is 1. The molecular formula is C10H7ClN2OS. The van der Waals surface area contributed by atoms with E-state index < -0.39 is 0 Å². The summed E-state index contributed by atoms with van der Waals surface area (Å²) in [4.78, 5) is 19.7. The number of hydrogen-bond acceptors (Lipinski definition) is 4. The number of pyridine rings is 1. The van der Waals surface area contributed by atoms with Gasteiger partial charge in [-0.15, -0.1) is 11.3 Å². The van der Waals surface area contributed by atoms with E-state index in [9.17, 15) is 4.79 Å². The lowest BCUT2D eigenvalue weighted by molar-refractivity contribution is 0.0993. The van der Waals surface area contributed by atoms with Crippen LogP contribution in [0, 0.1) is 0 Å². The van der Waals surface area contributed by atoms with E-state index >= 15 is 0 Å². The highest BCUT2D eigenvalue weighted by atomic mass is 35.5. The van der Waals surface area contributed by atoms with Gasteiger partial charge in [-0.05, 0) is 6.07 Å². The fraction of sp³-hybridized carbons (Fsp3) is 0.100. The van der Waals surface area contributed by atoms with E-state index in [0.29, 0.717) is 17.0 Å². The van der Waals surface area contributed by atoms with Gasteiger partial charge >= 0.3 is 0 Å². The Hall–Kier alpha value is -1.26. The van der Waals surface area contributed by atoms with Crippen LogP contribution in [0.25, 0.3) is 0 Å². The van der Waals surface area contributed by atoms with Crippen molar-refractivity contribution in [1.29, 1.82) is 0 Å². The highest BCUT2D eigenvalue weighted by molar-refractivity contribution is 7.09. The third-order valence-electron chi connectivity index (χ3n) is 1.87. The SMILES string of the molecule is O=C(Cc1nccs1)c1ccncc1Cl. The number of ketones is 1. The quantitative estimate of drug-likeness (QED) is 0.772. The van der Waals surface area contributed by atoms with E-state index in [-0.39, 0.29) is 5.78 Å². The molecule has 76 valence electrons. The van der Waals surface area contributed by atoms with Gasteiger partial charge in [-0.2, -0.15) is 0 Å². The molecule has 0 unspecified atom stereocenters. The molecule has 0 saturated carbocycles. The Morgan fingerprint density at radius 3 is 3.00 bits per heavy atom. The molecule has 0 amide bonds. The molecule has 0 N–H and O–H groups in total. The second kappa shape index (κ2) is 4.51. The first-order valence-corrected chi connectivity index (χ1v) is 5.54. The first kappa shape index (κ1) is 10.3. The second-order valence-electron chi connectivity index (χ2n) is 2.88. The van der Waals surface area contributed by atoms with Gasteiger partial charge in [0.25, 0.3) is 0 Å². The van der Waals surface area contributed by atoms with Crippen molar-refractivity contribution in [3.05, 3.63) is 45.6 Å². The number of aromatic nitrogens is 2. The maximum absolute atomic E-state index is 11.8. The molecule has 15 heavy (non-hydrogen) atoms. The highest BCUT2D eigenvalue weighted by Crippen LogP contribution is 2.16. The first-order chi connectivity index (χ1) is 7.27. The van der Waals surface area contributed by atoms with Crippen molar-refractivity contribution in [2.45, 2.75) is 6.42 Å². The lowest BCUT2D eigenvalue weighted by Crippen LogP contribution is -2.04. The number of Topliss-reactive ketones (excluding diaryl/α,β-unsaturated/α-hetero) is 1. The number of hydrogen-bond donors (Lipinski definition) is 0. The van der Waals surface area contributed by atoms with E-state index in [4.69, 9.17) is 11.6 Å². The van der Waals surface area contributed by atoms with Gasteiger partial charge in [0.05, 0.1) is 11.4 Å². The Labute approximate surface area is 95.8 Å². The molecule has 0 saturated heterocycles. The van der Waals surface area contributed by atoms with Crippen LogP contribution in [-0.4, -0.2) is 15.8 Å². The molecule has 2 rings (SSSR count). The molecule has 0 aliphatic rings. The number of nitrogens with zero attached hydrogens (tertiary/aromatic N) is 2. The van der Waals surface area contributed by atoms with Gasteiger partial charge < -0.3 is 0 Å². The van der Waals surface area contributed by atoms with Crippen LogP contribution in [0.3, 0.4) is 0 Å². The standard InChI is InChI=1S/C10H7ClN2OS/c11-8-6-12-2-1-7(8)9(14)5-10-13-3-4-15-10/h1-4,6H,5H2. The minimum absolute atomic E-state index is 0.0302. The summed E-state index contributed by atoms with van der Waals surface area (Å²) in [5, 5.41) is 3.03. The molecule has 3 nitrogen and oxygen atoms in total. The zero-order chi connectivity index (χ0) is 10.7. The van der Waals surface area contributed by atoms with Gasteiger partial charge in [0.15, 0.2) is 5.78 Å². The summed E-state index contributed by atoms with van der Waals surface area (Å²) in [5.41, 5.74) is 0.502. The van der Waals surface area contributed by atoms with Crippen LogP contribution >= 0.6 is 22.9 Å². The third kappa shape index (κ3) is 2.40. The topological polar surface area (TPSA) is 42.9 Å². The molecule has 0 aliphatic heterocycles. The predicted molar refractivity (Wildman–Crippen MR) is 59.4 cm³/mol. The average molecular weight is 239 g/mol. The summed E-state index contributed by atoms with van der Waals surface area (Å²) in [5.74, 6) is -0.0302. The molecule has 2 aromatic heterocycles. The van der Waals surface area contributed by atoms with Gasteiger partial charge in [-0.3, -0.25) is 9.78 Å². The van der Waals surface area contributed by atoms with Crippen molar-refractivity contribution in [2.24, 2.45) is 0 Å². The number of carbonyl (C=O) groups excluding carboxylic acids is 1. The Morgan fingerprint density at radius 1 is 1.47 bits per heavy atom. The smallest absolute Gasteiger partial charge is 0.171 e. The van der Waals surface area contributed by atoms with E-state index in [0.717, 1.165) is 5.01 Å². The van der Waals surface area contributed by atoms with Crippen molar-refractivity contribution >= 4 is 28.7 Å². The summed E-state index contributed by atoms with van der Waals surface area (Å²) in [6.07, 6.45) is 5.00. The lowest BCUT2D eigenvalue weighted by atomic mass is 10.1. The maximum Gasteiger partial charge on any atom is 0.171 e. The van der Waals surface area contributed by atoms with Crippen LogP contribution in [0.1, 0.15) is 15.4 Å². The van der Waals surface area contributed by atoms with Crippen LogP contribution in [0.4, 0.5) is 0 Å². The van der Waals surface area contributed by atoms with E-state index in [2.05, 4.69) is 9.97 Å². The molecule has 0 bridgehead atoms. The average Bonchev–Trinajstić information content (AvgIpc) is 2.71. The van der Waals surface area contributed by atoms with Crippen LogP contribution in [0.2, 0.25) is 5.02 Å². The Balaban J connectivity index is 2.19. The van der Waals surface area contributed by atoms with Crippen molar-refractivity contribution in [2.75, 3.05) is 0 Å². The Bertz CT molecular complexity index is 470. The van der Waals surface area contributed by atoms with E-state index in [1.165, 1.54) is 17.5 Å². The van der Waals surface area contributed by atoms with Gasteiger partial charge in [0.1, 0.15) is 5.01 Å². The number of carbonyl (C=O) groups is 1. The van der Waals surface area contributed by atoms with Crippen LogP contribution in [0.5, 0.6) is 0 Å². The van der Waals surface area contributed by atoms with E-state index in [1.807, 2.05) is 5.38 Å². The molecule has 0 atom stereocenters. The minimum atomic E-state index is -0.0302. The molecule has 0 fully saturated rings. The summed E-state index contributed by atoms with van der Waals surface area (Å²) in [7, 11) is 0. The molecule has 0 aromatic carbocycles. The van der Waals surface area contributed by atoms with Crippen molar-refractivity contribution in [1.82, 2.24) is 9.97 Å². The van der Waals surface area contributed by atoms with Crippen molar-refractivity contribution < 1.29 is 4.79 Å². The highest BCUT2D eigenvalue weighted by Gasteiger charge is 2.11. The van der Waals surface area contributed by atoms with Gasteiger partial charge in [-0.25, -0.2) is 4.98 Å². The summed E-state index contributed by atoms with van der Waals surface area (Å²) in [6, 6.07) is 1.62. The molecule has 0 spiro atoms. The largest absolute Gasteiger partial charge is 0.294 e. The first-order valence-electron chi connectivity index (χ1n) is 4.28. The van der Waals surface area contributed by atoms with Crippen LogP contribution < -0.4 is 0 Å². The molecule has 5 heteroatoms. The second-order valence-corrected chi connectivity index (χ2v) is 4.27. The monoisotopic (exact) mass is 238 g/mol. The fourth-order valence-electron chi connectivity index (χ4n) is 1.17. The normalized spacial score (nSPS) is 10.2. The Morgan fingerprint density at radius 2 is 2.33 bits per heavy atom. The summed E-state index contributed by atoms with van der Waals surface area (Å²) >= 11 is 7.32. The zero-order valence-electron chi connectivity index (χ0n) is 7.68. The fourth-order valence-corrected chi connectivity index (χ4v) is 2.01. The number of halogens is 1. The van der Waals surface area contributed by atoms with Crippen LogP contribution in [-0.2, 0) is 6.42 Å². The van der Waals surface area contributed by atoms with Gasteiger partial charge in [0.2, 0.25) is 0 Å². The van der Waals surface area contributed by atoms with Crippen LogP contribution in [0.15, 0.2) is 30.0 Å². The van der Waals surface area contributed by atoms with Crippen molar-refractivity contribution in [3.63, 3.8) is 0 Å². The molecule has 0 aliphatic carbocycles. The molecule has 2 aromatic rings. The molecular weight excluding hydrogens is 232 g/mol. The lowest BCUT2D eigenvalue weighted by Gasteiger charge is -2.00. The third-order valence-corrected chi connectivity index (χ3v) is 2.95. The summed E-state index contributed by atoms with van der Waals surface area (Å²) in [6.45, 7) is 0. The molecule has 2 heterocycles. The summed E-state index contributed by atoms with van der Waals surface area (Å²) < 4.78 is 0. The van der Waals surface area contributed by atoms with Crippen molar-refractivity contribution in [3.8, 4) is 0 Å². The number of rotatable bonds is 3. The maximum atomic E-state index is 11.8.